The van der Waals surface area contributed by atoms with Crippen LogP contribution in [0.25, 0.3) is 5.52 Å². The number of carbonyl (C=O) groups is 1. The fourth-order valence-electron chi connectivity index (χ4n) is 2.88. The van der Waals surface area contributed by atoms with Gasteiger partial charge in [0.1, 0.15) is 12.1 Å². The fraction of sp³-hybridized carbons (Fsp3) is 0.533. The van der Waals surface area contributed by atoms with E-state index < -0.39 is 0 Å². The van der Waals surface area contributed by atoms with E-state index in [4.69, 9.17) is 4.74 Å². The first-order chi connectivity index (χ1) is 10.7. The maximum atomic E-state index is 12.6. The van der Waals surface area contributed by atoms with E-state index in [0.717, 1.165) is 36.9 Å². The van der Waals surface area contributed by atoms with Gasteiger partial charge >= 0.3 is 0 Å². The summed E-state index contributed by atoms with van der Waals surface area (Å²) < 4.78 is 7.97. The molecule has 2 aromatic rings. The van der Waals surface area contributed by atoms with Crippen LogP contribution in [0.15, 0.2) is 17.2 Å². The molecule has 0 atom stereocenters. The van der Waals surface area contributed by atoms with E-state index >= 15 is 0 Å². The van der Waals surface area contributed by atoms with Crippen LogP contribution in [-0.2, 0) is 28.9 Å². The Labute approximate surface area is 127 Å². The van der Waals surface area contributed by atoms with Gasteiger partial charge in [-0.05, 0) is 25.7 Å². The van der Waals surface area contributed by atoms with Crippen LogP contribution in [-0.4, -0.2) is 40.3 Å². The molecule has 0 bridgehead atoms. The second-order valence-electron chi connectivity index (χ2n) is 5.50. The van der Waals surface area contributed by atoms with E-state index in [2.05, 4.69) is 10.4 Å². The number of amides is 1. The Bertz CT molecular complexity index is 747. The summed E-state index contributed by atoms with van der Waals surface area (Å²) in [4.78, 5) is 24.5. The van der Waals surface area contributed by atoms with Crippen LogP contribution in [0.5, 0.6) is 0 Å². The molecule has 1 aliphatic rings. The van der Waals surface area contributed by atoms with Gasteiger partial charge in [-0.15, -0.1) is 0 Å². The van der Waals surface area contributed by atoms with Crippen LogP contribution < -0.4 is 10.9 Å². The quantitative estimate of drug-likeness (QED) is 0.797. The number of aryl methyl sites for hydroxylation is 2. The molecule has 1 aliphatic carbocycles. The third-order valence-electron chi connectivity index (χ3n) is 3.98. The first-order valence-corrected chi connectivity index (χ1v) is 7.56. The third kappa shape index (κ3) is 2.76. The summed E-state index contributed by atoms with van der Waals surface area (Å²) in [6.07, 6.45) is 7.38. The highest BCUT2D eigenvalue weighted by atomic mass is 16.5. The standard InChI is InChI=1S/C15H20N4O3/c1-22-9-6-16-13(20)10-18-7-8-19-14(15(18)21)11-4-2-3-5-12(11)17-19/h7-8H,2-6,9-10H2,1H3,(H,16,20). The van der Waals surface area contributed by atoms with Gasteiger partial charge in [-0.1, -0.05) is 0 Å². The number of nitrogens with zero attached hydrogens (tertiary/aromatic N) is 3. The predicted molar refractivity (Wildman–Crippen MR) is 81.0 cm³/mol. The number of nitrogens with one attached hydrogen (secondary N) is 1. The van der Waals surface area contributed by atoms with E-state index in [1.165, 1.54) is 4.57 Å². The molecule has 1 amide bonds. The van der Waals surface area contributed by atoms with Crippen LogP contribution in [0.1, 0.15) is 24.1 Å². The molecule has 118 valence electrons. The lowest BCUT2D eigenvalue weighted by Gasteiger charge is -2.09. The van der Waals surface area contributed by atoms with Crippen molar-refractivity contribution < 1.29 is 9.53 Å². The van der Waals surface area contributed by atoms with Crippen LogP contribution in [0.3, 0.4) is 0 Å². The Morgan fingerprint density at radius 1 is 1.36 bits per heavy atom. The zero-order valence-corrected chi connectivity index (χ0v) is 12.7. The molecule has 0 spiro atoms. The van der Waals surface area contributed by atoms with Crippen LogP contribution in [0.2, 0.25) is 0 Å². The Kier molecular flexibility index (Phi) is 4.24. The van der Waals surface area contributed by atoms with Gasteiger partial charge in [0.15, 0.2) is 0 Å². The molecule has 22 heavy (non-hydrogen) atoms. The molecule has 0 aromatic carbocycles. The van der Waals surface area contributed by atoms with Crippen molar-refractivity contribution in [3.05, 3.63) is 34.0 Å². The smallest absolute Gasteiger partial charge is 0.277 e. The summed E-state index contributed by atoms with van der Waals surface area (Å²) in [6.45, 7) is 0.906. The normalized spacial score (nSPS) is 14.0. The Morgan fingerprint density at radius 3 is 3.00 bits per heavy atom. The number of carbonyl (C=O) groups excluding carboxylic acids is 1. The second-order valence-corrected chi connectivity index (χ2v) is 5.50. The van der Waals surface area contributed by atoms with Crippen LogP contribution in [0.4, 0.5) is 0 Å². The minimum absolute atomic E-state index is 0.0129. The number of ether oxygens (including phenoxy) is 1. The van der Waals surface area contributed by atoms with Crippen molar-refractivity contribution >= 4 is 11.4 Å². The highest BCUT2D eigenvalue weighted by Crippen LogP contribution is 2.22. The predicted octanol–water partition coefficient (Wildman–Crippen LogP) is 0.137. The van der Waals surface area contributed by atoms with Crippen molar-refractivity contribution in [3.63, 3.8) is 0 Å². The summed E-state index contributed by atoms with van der Waals surface area (Å²) in [5, 5.41) is 7.20. The number of rotatable bonds is 5. The molecule has 7 nitrogen and oxygen atoms in total. The van der Waals surface area contributed by atoms with Gasteiger partial charge in [0.05, 0.1) is 12.3 Å². The first kappa shape index (κ1) is 14.8. The molecule has 3 rings (SSSR count). The molecule has 0 fully saturated rings. The lowest BCUT2D eigenvalue weighted by atomic mass is 9.97. The zero-order valence-electron chi connectivity index (χ0n) is 12.7. The maximum absolute atomic E-state index is 12.6. The number of fused-ring (bicyclic) bond motifs is 3. The van der Waals surface area contributed by atoms with E-state index in [1.54, 1.807) is 24.0 Å². The molecule has 0 saturated heterocycles. The molecular weight excluding hydrogens is 284 g/mol. The van der Waals surface area contributed by atoms with Crippen molar-refractivity contribution in [2.45, 2.75) is 32.2 Å². The summed E-state index contributed by atoms with van der Waals surface area (Å²) >= 11 is 0. The monoisotopic (exact) mass is 304 g/mol. The van der Waals surface area contributed by atoms with Gasteiger partial charge in [0.2, 0.25) is 5.91 Å². The highest BCUT2D eigenvalue weighted by Gasteiger charge is 2.19. The van der Waals surface area contributed by atoms with Crippen molar-refractivity contribution in [2.75, 3.05) is 20.3 Å². The average Bonchev–Trinajstić information content (AvgIpc) is 2.89. The van der Waals surface area contributed by atoms with Crippen LogP contribution >= 0.6 is 0 Å². The molecule has 0 aliphatic heterocycles. The van der Waals surface area contributed by atoms with Gasteiger partial charge in [0, 0.05) is 31.6 Å². The number of aromatic nitrogens is 3. The molecule has 0 unspecified atom stereocenters. The third-order valence-corrected chi connectivity index (χ3v) is 3.98. The zero-order chi connectivity index (χ0) is 15.5. The lowest BCUT2D eigenvalue weighted by Crippen LogP contribution is -2.34. The maximum Gasteiger partial charge on any atom is 0.277 e. The van der Waals surface area contributed by atoms with Crippen molar-refractivity contribution in [1.29, 1.82) is 0 Å². The van der Waals surface area contributed by atoms with Crippen molar-refractivity contribution in [2.24, 2.45) is 0 Å². The van der Waals surface area contributed by atoms with Gasteiger partial charge in [-0.25, -0.2) is 4.52 Å². The summed E-state index contributed by atoms with van der Waals surface area (Å²) in [5.74, 6) is -0.197. The molecular formula is C15H20N4O3. The molecule has 2 heterocycles. The first-order valence-electron chi connectivity index (χ1n) is 7.56. The van der Waals surface area contributed by atoms with E-state index in [1.807, 2.05) is 0 Å². The topological polar surface area (TPSA) is 77.6 Å². The number of methoxy groups -OCH3 is 1. The lowest BCUT2D eigenvalue weighted by molar-refractivity contribution is -0.121. The van der Waals surface area contributed by atoms with E-state index in [-0.39, 0.29) is 18.0 Å². The minimum Gasteiger partial charge on any atom is -0.383 e. The molecule has 0 radical (unpaired) electrons. The largest absolute Gasteiger partial charge is 0.383 e. The minimum atomic E-state index is -0.197. The number of hydrogen-bond donors (Lipinski definition) is 1. The number of hydrogen-bond acceptors (Lipinski definition) is 4. The van der Waals surface area contributed by atoms with Crippen LogP contribution in [0, 0.1) is 0 Å². The second kappa shape index (κ2) is 6.31. The van der Waals surface area contributed by atoms with Gasteiger partial charge in [0.25, 0.3) is 5.56 Å². The SMILES string of the molecule is COCCNC(=O)Cn1ccn2nc3c(c2c1=O)CCCC3. The fourth-order valence-corrected chi connectivity index (χ4v) is 2.88. The summed E-state index contributed by atoms with van der Waals surface area (Å²) in [7, 11) is 1.58. The molecule has 2 aromatic heterocycles. The summed E-state index contributed by atoms with van der Waals surface area (Å²) in [6, 6.07) is 0. The average molecular weight is 304 g/mol. The molecule has 7 heteroatoms. The van der Waals surface area contributed by atoms with E-state index in [0.29, 0.717) is 18.7 Å². The Hall–Kier alpha value is -2.15. The molecule has 1 N–H and O–H groups in total. The van der Waals surface area contributed by atoms with Gasteiger partial charge in [-0.2, -0.15) is 5.10 Å². The van der Waals surface area contributed by atoms with Gasteiger partial charge in [-0.3, -0.25) is 9.59 Å². The highest BCUT2D eigenvalue weighted by molar-refractivity contribution is 5.75. The Morgan fingerprint density at radius 2 is 2.18 bits per heavy atom. The van der Waals surface area contributed by atoms with Gasteiger partial charge < -0.3 is 14.6 Å². The van der Waals surface area contributed by atoms with E-state index in [9.17, 15) is 9.59 Å². The molecule has 0 saturated carbocycles. The Balaban J connectivity index is 1.87. The summed E-state index contributed by atoms with van der Waals surface area (Å²) in [5.41, 5.74) is 2.53. The van der Waals surface area contributed by atoms with Crippen molar-refractivity contribution in [1.82, 2.24) is 19.5 Å². The van der Waals surface area contributed by atoms with Crippen molar-refractivity contribution in [3.8, 4) is 0 Å².